The van der Waals surface area contributed by atoms with Crippen molar-refractivity contribution in [3.8, 4) is 23.7 Å². The van der Waals surface area contributed by atoms with E-state index in [1.807, 2.05) is 36.4 Å². The first-order valence-corrected chi connectivity index (χ1v) is 16.7. The molecule has 216 valence electrons. The van der Waals surface area contributed by atoms with Crippen LogP contribution in [-0.2, 0) is 31.1 Å². The number of hydrogen-bond donors (Lipinski definition) is 2. The zero-order valence-electron chi connectivity index (χ0n) is 23.0. The monoisotopic (exact) mass is 616 g/mol. The summed E-state index contributed by atoms with van der Waals surface area (Å²) in [7, 11) is -8.64. The molecule has 0 aromatic heterocycles. The molecule has 2 atom stereocenters. The van der Waals surface area contributed by atoms with Crippen molar-refractivity contribution in [1.29, 1.82) is 0 Å². The van der Waals surface area contributed by atoms with Gasteiger partial charge in [-0.3, -0.25) is 9.11 Å². The van der Waals surface area contributed by atoms with Crippen LogP contribution >= 0.6 is 0 Å². The number of rotatable bonds is 2. The van der Waals surface area contributed by atoms with Crippen molar-refractivity contribution >= 4 is 20.2 Å². The highest BCUT2D eigenvalue weighted by Gasteiger charge is 2.63. The van der Waals surface area contributed by atoms with Crippen molar-refractivity contribution < 1.29 is 25.9 Å². The Kier molecular flexibility index (Phi) is 6.33. The maximum absolute atomic E-state index is 11.6. The smallest absolute Gasteiger partial charge is 0.282 e. The molecule has 4 aromatic rings. The minimum Gasteiger partial charge on any atom is -0.282 e. The second-order valence-corrected chi connectivity index (χ2v) is 13.9. The quantitative estimate of drug-likeness (QED) is 0.226. The molecule has 0 fully saturated rings. The predicted octanol–water partition coefficient (Wildman–Crippen LogP) is 5.54. The summed E-state index contributed by atoms with van der Waals surface area (Å²) in [4.78, 5) is -0.382. The van der Waals surface area contributed by atoms with Gasteiger partial charge in [0.25, 0.3) is 20.2 Å². The summed E-state index contributed by atoms with van der Waals surface area (Å²) in [6, 6.07) is 28.1. The van der Waals surface area contributed by atoms with Crippen LogP contribution in [-0.4, -0.2) is 25.9 Å². The Bertz CT molecular complexity index is 2030. The van der Waals surface area contributed by atoms with Crippen molar-refractivity contribution in [3.63, 3.8) is 0 Å². The molecule has 0 aliphatic heterocycles. The van der Waals surface area contributed by atoms with Crippen LogP contribution in [0.3, 0.4) is 0 Å². The molecule has 2 N–H and O–H groups in total. The Balaban J connectivity index is 1.46. The summed E-state index contributed by atoms with van der Waals surface area (Å²) in [5.41, 5.74) is 3.92. The first kappa shape index (κ1) is 28.1. The Labute approximate surface area is 256 Å². The van der Waals surface area contributed by atoms with E-state index >= 15 is 0 Å². The van der Waals surface area contributed by atoms with Crippen LogP contribution in [0.2, 0.25) is 0 Å². The molecule has 0 amide bonds. The topological polar surface area (TPSA) is 109 Å². The molecule has 4 aromatic carbocycles. The fourth-order valence-corrected chi connectivity index (χ4v) is 7.94. The first-order chi connectivity index (χ1) is 21.0. The summed E-state index contributed by atoms with van der Waals surface area (Å²) < 4.78 is 65.1. The van der Waals surface area contributed by atoms with Crippen LogP contribution in [0, 0.1) is 35.5 Å². The first-order valence-electron chi connectivity index (χ1n) is 13.8. The fourth-order valence-electron chi connectivity index (χ4n) is 6.98. The highest BCUT2D eigenvalue weighted by atomic mass is 32.2. The second kappa shape index (κ2) is 9.92. The lowest BCUT2D eigenvalue weighted by Crippen LogP contribution is -2.58. The third kappa shape index (κ3) is 4.19. The van der Waals surface area contributed by atoms with Crippen molar-refractivity contribution in [2.75, 3.05) is 0 Å². The molecule has 4 aliphatic rings. The van der Waals surface area contributed by atoms with Crippen LogP contribution in [0.1, 0.15) is 33.4 Å². The van der Waals surface area contributed by atoms with Gasteiger partial charge in [-0.15, -0.1) is 0 Å². The molecule has 4 aliphatic carbocycles. The van der Waals surface area contributed by atoms with Gasteiger partial charge >= 0.3 is 0 Å². The van der Waals surface area contributed by atoms with Gasteiger partial charge in [-0.1, -0.05) is 96.5 Å². The van der Waals surface area contributed by atoms with Gasteiger partial charge in [0.15, 0.2) is 0 Å². The summed E-state index contributed by atoms with van der Waals surface area (Å²) in [6.45, 7) is 0. The predicted molar refractivity (Wildman–Crippen MR) is 166 cm³/mol. The maximum atomic E-state index is 11.6. The van der Waals surface area contributed by atoms with Crippen LogP contribution in [0.5, 0.6) is 0 Å². The molecular weight excluding hydrogens is 593 g/mol. The van der Waals surface area contributed by atoms with Crippen molar-refractivity contribution in [1.82, 2.24) is 0 Å². The molecule has 44 heavy (non-hydrogen) atoms. The number of hydrogen-bond acceptors (Lipinski definition) is 4. The lowest BCUT2D eigenvalue weighted by Gasteiger charge is -2.59. The molecule has 0 saturated carbocycles. The zero-order chi connectivity index (χ0) is 30.7. The average Bonchev–Trinajstić information content (AvgIpc) is 3.03. The fraction of sp³-hybridized carbons (Fsp3) is 0.111. The Morgan fingerprint density at radius 2 is 0.818 bits per heavy atom. The maximum Gasteiger partial charge on any atom is 0.294 e. The molecule has 0 saturated heterocycles. The van der Waals surface area contributed by atoms with E-state index in [4.69, 9.17) is 0 Å². The van der Waals surface area contributed by atoms with E-state index < -0.39 is 31.1 Å². The highest BCUT2D eigenvalue weighted by molar-refractivity contribution is 7.86. The third-order valence-corrected chi connectivity index (χ3v) is 10.5. The van der Waals surface area contributed by atoms with Gasteiger partial charge in [-0.2, -0.15) is 16.8 Å². The summed E-state index contributed by atoms with van der Waals surface area (Å²) in [6.07, 6.45) is 8.44. The summed E-state index contributed by atoms with van der Waals surface area (Å²) >= 11 is 0. The summed E-state index contributed by atoms with van der Waals surface area (Å²) in [5.74, 6) is 13.8. The number of allylic oxidation sites excluding steroid dienone is 4. The molecule has 0 heterocycles. The molecular formula is C36H24O6S2. The van der Waals surface area contributed by atoms with Crippen molar-refractivity contribution in [2.24, 2.45) is 11.8 Å². The second-order valence-electron chi connectivity index (χ2n) is 11.0. The standard InChI is InChI=1S/C36H24O6S2/c37-43(38,39)27-17-13-25(14-18-27)21-23-35-29-7-1-2-8-30(29)36(33-11-5-3-9-31(33)35,34-12-6-4-10-32(34)35)24-22-26-15-19-28(20-16-26)44(40,41)42/h1-20,29-30H,(H,37,38,39)(H,40,41,42). The lowest BCUT2D eigenvalue weighted by molar-refractivity contribution is 0.240. The van der Waals surface area contributed by atoms with E-state index in [0.717, 1.165) is 22.3 Å². The Morgan fingerprint density at radius 3 is 1.11 bits per heavy atom. The van der Waals surface area contributed by atoms with Crippen molar-refractivity contribution in [3.05, 3.63) is 155 Å². The molecule has 8 heteroatoms. The van der Waals surface area contributed by atoms with Crippen LogP contribution < -0.4 is 0 Å². The van der Waals surface area contributed by atoms with Crippen molar-refractivity contribution in [2.45, 2.75) is 20.6 Å². The van der Waals surface area contributed by atoms with Gasteiger partial charge in [-0.05, 0) is 70.8 Å². The zero-order valence-corrected chi connectivity index (χ0v) is 24.7. The number of benzene rings is 4. The van der Waals surface area contributed by atoms with Gasteiger partial charge in [0.1, 0.15) is 0 Å². The molecule has 0 spiro atoms. The molecule has 0 radical (unpaired) electrons. The largest absolute Gasteiger partial charge is 0.294 e. The molecule has 6 nitrogen and oxygen atoms in total. The van der Waals surface area contributed by atoms with Gasteiger partial charge in [0.05, 0.1) is 20.6 Å². The van der Waals surface area contributed by atoms with Gasteiger partial charge in [-0.25, -0.2) is 0 Å². The summed E-state index contributed by atoms with van der Waals surface area (Å²) in [5, 5.41) is 0. The van der Waals surface area contributed by atoms with Crippen LogP contribution in [0.25, 0.3) is 0 Å². The average molecular weight is 617 g/mol. The Hall–Kier alpha value is -4.70. The highest BCUT2D eigenvalue weighted by Crippen LogP contribution is 2.65. The Morgan fingerprint density at radius 1 is 0.500 bits per heavy atom. The lowest BCUT2D eigenvalue weighted by atomic mass is 9.41. The SMILES string of the molecule is O=S(=O)(O)c1ccc(C#CC23c4ccccc4C(C#Cc4ccc(S(=O)(=O)O)cc4)(c4ccccc42)C2C=CC=CC23)cc1. The van der Waals surface area contributed by atoms with Crippen LogP contribution in [0.4, 0.5) is 0 Å². The molecule has 2 unspecified atom stereocenters. The molecule has 8 rings (SSSR count). The van der Waals surface area contributed by atoms with Gasteiger partial charge < -0.3 is 0 Å². The van der Waals surface area contributed by atoms with Crippen LogP contribution in [0.15, 0.2) is 131 Å². The minimum atomic E-state index is -4.32. The van der Waals surface area contributed by atoms with Gasteiger partial charge in [0, 0.05) is 23.0 Å². The van der Waals surface area contributed by atoms with E-state index in [9.17, 15) is 25.9 Å². The normalized spacial score (nSPS) is 24.1. The minimum absolute atomic E-state index is 0.0851. The van der Waals surface area contributed by atoms with E-state index in [1.165, 1.54) is 24.3 Å². The van der Waals surface area contributed by atoms with E-state index in [1.54, 1.807) is 24.3 Å². The van der Waals surface area contributed by atoms with E-state index in [0.29, 0.717) is 11.1 Å². The van der Waals surface area contributed by atoms with E-state index in [-0.39, 0.29) is 21.6 Å². The molecule has 2 bridgehead atoms. The third-order valence-electron chi connectivity index (χ3n) is 8.80. The van der Waals surface area contributed by atoms with Gasteiger partial charge in [0.2, 0.25) is 0 Å². The van der Waals surface area contributed by atoms with E-state index in [2.05, 4.69) is 60.1 Å².